The molecular formula is C37H50FN7OS. The molecule has 1 saturated heterocycles. The summed E-state index contributed by atoms with van der Waals surface area (Å²) in [5, 5.41) is 7.43. The van der Waals surface area contributed by atoms with E-state index in [1.54, 1.807) is 17.5 Å². The van der Waals surface area contributed by atoms with Crippen LogP contribution in [0, 0.1) is 12.7 Å². The van der Waals surface area contributed by atoms with Crippen LogP contribution in [0.4, 0.5) is 16.2 Å². The number of aryl methyl sites for hydroxylation is 1. The van der Waals surface area contributed by atoms with Crippen molar-refractivity contribution in [2.45, 2.75) is 103 Å². The number of nitrogens with zero attached hydrogens (tertiary/aromatic N) is 5. The highest BCUT2D eigenvalue weighted by Gasteiger charge is 2.27. The van der Waals surface area contributed by atoms with Crippen LogP contribution in [0.15, 0.2) is 42.7 Å². The molecule has 2 N–H and O–H groups in total. The number of unbranched alkanes of at least 4 members (excludes halogenated alkanes) is 11. The summed E-state index contributed by atoms with van der Waals surface area (Å²) in [7, 11) is 0. The number of fused-ring (bicyclic) bond motifs is 1. The molecule has 10 heteroatoms. The molecule has 1 aliphatic heterocycles. The molecule has 1 unspecified atom stereocenters. The average Bonchev–Trinajstić information content (AvgIpc) is 3.47. The zero-order valence-electron chi connectivity index (χ0n) is 28.1. The lowest BCUT2D eigenvalue weighted by atomic mass is 9.92. The number of carbonyl (C=O) groups excluding carboxylic acids is 1. The summed E-state index contributed by atoms with van der Waals surface area (Å²) in [4.78, 5) is 33.4. The number of piperazine rings is 1. The van der Waals surface area contributed by atoms with Crippen molar-refractivity contribution < 1.29 is 9.18 Å². The molecule has 1 amide bonds. The Morgan fingerprint density at radius 1 is 0.915 bits per heavy atom. The van der Waals surface area contributed by atoms with Gasteiger partial charge in [-0.25, -0.2) is 24.3 Å². The predicted octanol–water partition coefficient (Wildman–Crippen LogP) is 8.95. The maximum atomic E-state index is 14.8. The summed E-state index contributed by atoms with van der Waals surface area (Å²) in [5.74, 6) is 0.283. The number of thiazole rings is 1. The third-order valence-corrected chi connectivity index (χ3v) is 9.95. The first-order chi connectivity index (χ1) is 23.0. The van der Waals surface area contributed by atoms with Crippen LogP contribution >= 0.6 is 11.3 Å². The molecular weight excluding hydrogens is 610 g/mol. The van der Waals surface area contributed by atoms with Gasteiger partial charge in [-0.1, -0.05) is 96.1 Å². The third-order valence-electron chi connectivity index (χ3n) is 9.01. The fraction of sp³-hybridized carbons (Fsp3) is 0.541. The van der Waals surface area contributed by atoms with E-state index in [1.165, 1.54) is 70.4 Å². The second kappa shape index (κ2) is 18.2. The van der Waals surface area contributed by atoms with Gasteiger partial charge in [0, 0.05) is 37.9 Å². The van der Waals surface area contributed by atoms with E-state index in [0.29, 0.717) is 11.4 Å². The van der Waals surface area contributed by atoms with E-state index < -0.39 is 5.82 Å². The van der Waals surface area contributed by atoms with Gasteiger partial charge in [0.2, 0.25) is 11.9 Å². The lowest BCUT2D eigenvalue weighted by Gasteiger charge is -2.31. The van der Waals surface area contributed by atoms with Crippen molar-refractivity contribution in [2.24, 2.45) is 0 Å². The fourth-order valence-electron chi connectivity index (χ4n) is 6.34. The molecule has 1 fully saturated rings. The van der Waals surface area contributed by atoms with Gasteiger partial charge in [0.1, 0.15) is 11.5 Å². The summed E-state index contributed by atoms with van der Waals surface area (Å²) < 4.78 is 15.8. The fourth-order valence-corrected chi connectivity index (χ4v) is 7.21. The Kier molecular flexibility index (Phi) is 13.4. The number of halogens is 1. The van der Waals surface area contributed by atoms with Gasteiger partial charge in [-0.05, 0) is 37.1 Å². The van der Waals surface area contributed by atoms with Crippen molar-refractivity contribution in [3.63, 3.8) is 0 Å². The number of benzene rings is 1. The molecule has 3 aromatic heterocycles. The molecule has 0 bridgehead atoms. The normalized spacial score (nSPS) is 14.1. The first kappa shape index (κ1) is 34.8. The molecule has 0 saturated carbocycles. The zero-order chi connectivity index (χ0) is 32.8. The van der Waals surface area contributed by atoms with Crippen LogP contribution in [-0.2, 0) is 4.79 Å². The maximum absolute atomic E-state index is 14.8. The Morgan fingerprint density at radius 3 is 2.30 bits per heavy atom. The minimum absolute atomic E-state index is 0.191. The van der Waals surface area contributed by atoms with Crippen LogP contribution in [0.3, 0.4) is 0 Å². The van der Waals surface area contributed by atoms with Crippen molar-refractivity contribution in [3.8, 4) is 11.3 Å². The number of hydrogen-bond donors (Lipinski definition) is 2. The van der Waals surface area contributed by atoms with E-state index in [0.717, 1.165) is 66.2 Å². The molecule has 0 spiro atoms. The SMILES string of the molecule is CCCCCCCCCCCCCCC(C(=O)N1CCNCC1)c1ccc(Nc2ncc(F)c(-c3ccc4nc(C)sc4c3)n2)nc1. The smallest absolute Gasteiger partial charge is 0.230 e. The van der Waals surface area contributed by atoms with Crippen molar-refractivity contribution in [3.05, 3.63) is 59.1 Å². The number of carbonyl (C=O) groups is 1. The Hall–Kier alpha value is -3.50. The first-order valence-corrected chi connectivity index (χ1v) is 18.5. The van der Waals surface area contributed by atoms with Gasteiger partial charge in [0.25, 0.3) is 0 Å². The lowest BCUT2D eigenvalue weighted by molar-refractivity contribution is -0.133. The Labute approximate surface area is 283 Å². The maximum Gasteiger partial charge on any atom is 0.230 e. The van der Waals surface area contributed by atoms with Crippen LogP contribution < -0.4 is 10.6 Å². The highest BCUT2D eigenvalue weighted by atomic mass is 32.1. The Morgan fingerprint density at radius 2 is 1.62 bits per heavy atom. The highest BCUT2D eigenvalue weighted by molar-refractivity contribution is 7.18. The Balaban J connectivity index is 1.17. The molecule has 4 heterocycles. The molecule has 0 aliphatic carbocycles. The highest BCUT2D eigenvalue weighted by Crippen LogP contribution is 2.30. The number of nitrogens with one attached hydrogen (secondary N) is 2. The predicted molar refractivity (Wildman–Crippen MR) is 191 cm³/mol. The quantitative estimate of drug-likeness (QED) is 0.103. The minimum Gasteiger partial charge on any atom is -0.340 e. The molecule has 47 heavy (non-hydrogen) atoms. The van der Waals surface area contributed by atoms with Gasteiger partial charge in [0.05, 0.1) is 27.3 Å². The molecule has 1 atom stereocenters. The van der Waals surface area contributed by atoms with Crippen LogP contribution in [0.25, 0.3) is 21.5 Å². The van der Waals surface area contributed by atoms with Crippen LogP contribution in [0.2, 0.25) is 0 Å². The average molecular weight is 660 g/mol. The van der Waals surface area contributed by atoms with Crippen LogP contribution in [0.5, 0.6) is 0 Å². The standard InChI is InChI=1S/C37H50FN7OS/c1-3-4-5-6-7-8-9-10-11-12-13-14-15-30(36(46)45-22-20-39-21-23-45)29-17-19-34(40-25-29)43-37-41-26-31(38)35(44-37)28-16-18-32-33(24-28)47-27(2)42-32/h16-19,24-26,30,39H,3-15,20-23H2,1-2H3,(H,40,41,43,44). The topological polar surface area (TPSA) is 95.9 Å². The van der Waals surface area contributed by atoms with E-state index >= 15 is 0 Å². The molecule has 252 valence electrons. The van der Waals surface area contributed by atoms with Gasteiger partial charge in [-0.2, -0.15) is 0 Å². The monoisotopic (exact) mass is 659 g/mol. The summed E-state index contributed by atoms with van der Waals surface area (Å²) >= 11 is 1.57. The minimum atomic E-state index is -0.494. The second-order valence-electron chi connectivity index (χ2n) is 12.7. The third kappa shape index (κ3) is 10.2. The van der Waals surface area contributed by atoms with E-state index in [1.807, 2.05) is 42.2 Å². The summed E-state index contributed by atoms with van der Waals surface area (Å²) in [6.45, 7) is 7.35. The van der Waals surface area contributed by atoms with E-state index in [4.69, 9.17) is 0 Å². The number of anilines is 2. The molecule has 1 aromatic carbocycles. The number of amides is 1. The molecule has 4 aromatic rings. The molecule has 5 rings (SSSR count). The number of aromatic nitrogens is 4. The lowest BCUT2D eigenvalue weighted by Crippen LogP contribution is -2.48. The number of hydrogen-bond acceptors (Lipinski definition) is 8. The van der Waals surface area contributed by atoms with Crippen LogP contribution in [-0.4, -0.2) is 56.9 Å². The first-order valence-electron chi connectivity index (χ1n) is 17.6. The van der Waals surface area contributed by atoms with E-state index in [-0.39, 0.29) is 23.5 Å². The van der Waals surface area contributed by atoms with Crippen LogP contribution in [0.1, 0.15) is 107 Å². The van der Waals surface area contributed by atoms with Gasteiger partial charge in [-0.15, -0.1) is 11.3 Å². The van der Waals surface area contributed by atoms with Crippen molar-refractivity contribution in [1.29, 1.82) is 0 Å². The Bertz CT molecular complexity index is 1550. The number of rotatable bonds is 18. The summed E-state index contributed by atoms with van der Waals surface area (Å²) in [6.07, 6.45) is 19.3. The molecule has 0 radical (unpaired) electrons. The molecule has 1 aliphatic rings. The van der Waals surface area contributed by atoms with Gasteiger partial charge >= 0.3 is 0 Å². The molecule has 8 nitrogen and oxygen atoms in total. The van der Waals surface area contributed by atoms with Crippen molar-refractivity contribution in [1.82, 2.24) is 30.2 Å². The van der Waals surface area contributed by atoms with Crippen molar-refractivity contribution >= 4 is 39.2 Å². The summed E-state index contributed by atoms with van der Waals surface area (Å²) in [6, 6.07) is 9.46. The van der Waals surface area contributed by atoms with Gasteiger partial charge in [0.15, 0.2) is 5.82 Å². The second-order valence-corrected chi connectivity index (χ2v) is 13.9. The van der Waals surface area contributed by atoms with E-state index in [2.05, 4.69) is 37.5 Å². The van der Waals surface area contributed by atoms with E-state index in [9.17, 15) is 9.18 Å². The van der Waals surface area contributed by atoms with Gasteiger partial charge in [-0.3, -0.25) is 4.79 Å². The van der Waals surface area contributed by atoms with Gasteiger partial charge < -0.3 is 15.5 Å². The number of pyridine rings is 1. The zero-order valence-corrected chi connectivity index (χ0v) is 28.9. The van der Waals surface area contributed by atoms with Crippen molar-refractivity contribution in [2.75, 3.05) is 31.5 Å². The summed E-state index contributed by atoms with van der Waals surface area (Å²) in [5.41, 5.74) is 2.70. The largest absolute Gasteiger partial charge is 0.340 e.